The zero-order chi connectivity index (χ0) is 14.5. The third-order valence-electron chi connectivity index (χ3n) is 2.48. The van der Waals surface area contributed by atoms with Crippen LogP contribution in [0.15, 0.2) is 24.4 Å². The first-order valence-corrected chi connectivity index (χ1v) is 6.64. The van der Waals surface area contributed by atoms with Gasteiger partial charge in [0.15, 0.2) is 5.13 Å². The molecule has 0 aliphatic carbocycles. The lowest BCUT2D eigenvalue weighted by Crippen LogP contribution is -2.13. The maximum Gasteiger partial charge on any atom is 0.257 e. The number of carbonyl (C=O) groups excluding carboxylic acids is 1. The number of amides is 1. The molecule has 0 radical (unpaired) electrons. The van der Waals surface area contributed by atoms with Gasteiger partial charge in [-0.05, 0) is 24.6 Å². The first-order valence-electron chi connectivity index (χ1n) is 5.82. The number of thiazole rings is 1. The van der Waals surface area contributed by atoms with Gasteiger partial charge in [-0.3, -0.25) is 10.1 Å². The summed E-state index contributed by atoms with van der Waals surface area (Å²) in [5.74, 6) is 4.69. The van der Waals surface area contributed by atoms with Crippen LogP contribution in [0.5, 0.6) is 0 Å². The number of hydrogen-bond donors (Lipinski definition) is 2. The SMILES string of the molecule is Cc1ccc(F)cc1C(=O)Nc1ncc(C#CCN)s1. The quantitative estimate of drug-likeness (QED) is 0.832. The highest BCUT2D eigenvalue weighted by Crippen LogP contribution is 2.19. The zero-order valence-electron chi connectivity index (χ0n) is 10.7. The van der Waals surface area contributed by atoms with Crippen molar-refractivity contribution < 1.29 is 9.18 Å². The Morgan fingerprint density at radius 3 is 3.10 bits per heavy atom. The van der Waals surface area contributed by atoms with Gasteiger partial charge < -0.3 is 5.73 Å². The van der Waals surface area contributed by atoms with E-state index < -0.39 is 11.7 Å². The minimum Gasteiger partial charge on any atom is -0.320 e. The van der Waals surface area contributed by atoms with Crippen molar-refractivity contribution in [2.75, 3.05) is 11.9 Å². The lowest BCUT2D eigenvalue weighted by molar-refractivity contribution is 0.102. The van der Waals surface area contributed by atoms with Gasteiger partial charge in [0.05, 0.1) is 17.6 Å². The van der Waals surface area contributed by atoms with Crippen LogP contribution >= 0.6 is 11.3 Å². The second-order valence-corrected chi connectivity index (χ2v) is 4.98. The normalized spacial score (nSPS) is 9.75. The molecule has 2 aromatic rings. The third kappa shape index (κ3) is 3.41. The molecule has 0 saturated carbocycles. The molecule has 102 valence electrons. The Bertz CT molecular complexity index is 700. The van der Waals surface area contributed by atoms with Gasteiger partial charge in [0.1, 0.15) is 5.82 Å². The van der Waals surface area contributed by atoms with E-state index in [0.29, 0.717) is 15.6 Å². The van der Waals surface area contributed by atoms with Crippen LogP contribution in [0.25, 0.3) is 0 Å². The number of aromatic nitrogens is 1. The number of aryl methyl sites for hydroxylation is 1. The number of hydrogen-bond acceptors (Lipinski definition) is 4. The molecule has 1 heterocycles. The van der Waals surface area contributed by atoms with Crippen molar-refractivity contribution in [2.24, 2.45) is 5.73 Å². The maximum atomic E-state index is 13.2. The van der Waals surface area contributed by atoms with E-state index in [4.69, 9.17) is 5.73 Å². The molecule has 6 heteroatoms. The molecule has 0 aliphatic heterocycles. The molecule has 0 fully saturated rings. The molecule has 20 heavy (non-hydrogen) atoms. The first-order chi connectivity index (χ1) is 9.60. The Balaban J connectivity index is 2.15. The Morgan fingerprint density at radius 1 is 1.55 bits per heavy atom. The second-order valence-electron chi connectivity index (χ2n) is 3.95. The molecule has 0 saturated heterocycles. The highest BCUT2D eigenvalue weighted by molar-refractivity contribution is 7.16. The van der Waals surface area contributed by atoms with E-state index in [0.717, 1.165) is 0 Å². The van der Waals surface area contributed by atoms with E-state index in [1.807, 2.05) is 0 Å². The van der Waals surface area contributed by atoms with Crippen LogP contribution in [-0.2, 0) is 0 Å². The highest BCUT2D eigenvalue weighted by Gasteiger charge is 2.12. The number of benzene rings is 1. The van der Waals surface area contributed by atoms with Gasteiger partial charge in [0.25, 0.3) is 5.91 Å². The second kappa shape index (κ2) is 6.28. The number of carbonyl (C=O) groups is 1. The molecule has 0 aliphatic rings. The van der Waals surface area contributed by atoms with Gasteiger partial charge in [-0.15, -0.1) is 0 Å². The van der Waals surface area contributed by atoms with Crippen molar-refractivity contribution >= 4 is 22.4 Å². The van der Waals surface area contributed by atoms with E-state index in [-0.39, 0.29) is 12.1 Å². The minimum absolute atomic E-state index is 0.266. The molecular weight excluding hydrogens is 277 g/mol. The average molecular weight is 289 g/mol. The van der Waals surface area contributed by atoms with Crippen LogP contribution < -0.4 is 11.1 Å². The lowest BCUT2D eigenvalue weighted by Gasteiger charge is -2.05. The number of halogens is 1. The van der Waals surface area contributed by atoms with Crippen LogP contribution in [0.3, 0.4) is 0 Å². The zero-order valence-corrected chi connectivity index (χ0v) is 11.6. The van der Waals surface area contributed by atoms with Crippen LogP contribution in [0.1, 0.15) is 20.8 Å². The van der Waals surface area contributed by atoms with E-state index in [9.17, 15) is 9.18 Å². The molecule has 0 bridgehead atoms. The summed E-state index contributed by atoms with van der Waals surface area (Å²) in [5, 5.41) is 3.04. The van der Waals surface area contributed by atoms with Crippen molar-refractivity contribution in [1.82, 2.24) is 4.98 Å². The molecule has 0 unspecified atom stereocenters. The fourth-order valence-electron chi connectivity index (χ4n) is 1.53. The largest absolute Gasteiger partial charge is 0.320 e. The van der Waals surface area contributed by atoms with E-state index in [1.54, 1.807) is 19.2 Å². The summed E-state index contributed by atoms with van der Waals surface area (Å²) in [6.45, 7) is 2.01. The standard InChI is InChI=1S/C14H12FN3OS/c1-9-4-5-10(15)7-12(9)13(19)18-14-17-8-11(20-14)3-2-6-16/h4-5,7-8H,6,16H2,1H3,(H,17,18,19). The molecule has 1 amide bonds. The van der Waals surface area contributed by atoms with E-state index >= 15 is 0 Å². The Labute approximate surface area is 119 Å². The molecule has 0 spiro atoms. The number of nitrogens with two attached hydrogens (primary N) is 1. The van der Waals surface area contributed by atoms with Crippen molar-refractivity contribution in [1.29, 1.82) is 0 Å². The third-order valence-corrected chi connectivity index (χ3v) is 3.31. The Morgan fingerprint density at radius 2 is 2.35 bits per heavy atom. The van der Waals surface area contributed by atoms with E-state index in [2.05, 4.69) is 22.1 Å². The number of nitrogens with zero attached hydrogens (tertiary/aromatic N) is 1. The summed E-state index contributed by atoms with van der Waals surface area (Å²) in [5.41, 5.74) is 6.26. The Hall–Kier alpha value is -2.23. The van der Waals surface area contributed by atoms with Crippen molar-refractivity contribution in [3.63, 3.8) is 0 Å². The predicted molar refractivity (Wildman–Crippen MR) is 77.1 cm³/mol. The molecule has 1 aromatic carbocycles. The van der Waals surface area contributed by atoms with E-state index in [1.165, 1.54) is 23.5 Å². The highest BCUT2D eigenvalue weighted by atomic mass is 32.1. The maximum absolute atomic E-state index is 13.2. The van der Waals surface area contributed by atoms with Crippen LogP contribution in [0.4, 0.5) is 9.52 Å². The average Bonchev–Trinajstić information content (AvgIpc) is 2.86. The van der Waals surface area contributed by atoms with Gasteiger partial charge in [-0.25, -0.2) is 9.37 Å². The fraction of sp³-hybridized carbons (Fsp3) is 0.143. The van der Waals surface area contributed by atoms with Gasteiger partial charge >= 0.3 is 0 Å². The van der Waals surface area contributed by atoms with Crippen molar-refractivity contribution in [2.45, 2.75) is 6.92 Å². The predicted octanol–water partition coefficient (Wildman–Crippen LogP) is 2.15. The summed E-state index contributed by atoms with van der Waals surface area (Å²) >= 11 is 1.24. The summed E-state index contributed by atoms with van der Waals surface area (Å²) in [4.78, 5) is 16.8. The summed E-state index contributed by atoms with van der Waals surface area (Å²) in [6.07, 6.45) is 1.56. The van der Waals surface area contributed by atoms with Gasteiger partial charge in [-0.2, -0.15) is 0 Å². The number of nitrogens with one attached hydrogen (secondary N) is 1. The molecular formula is C14H12FN3OS. The van der Waals surface area contributed by atoms with Gasteiger partial charge in [0.2, 0.25) is 0 Å². The number of anilines is 1. The van der Waals surface area contributed by atoms with Crippen LogP contribution in [0, 0.1) is 24.6 Å². The first kappa shape index (κ1) is 14.2. The smallest absolute Gasteiger partial charge is 0.257 e. The monoisotopic (exact) mass is 289 g/mol. The molecule has 0 atom stereocenters. The molecule has 4 nitrogen and oxygen atoms in total. The summed E-state index contributed by atoms with van der Waals surface area (Å²) < 4.78 is 13.2. The molecule has 1 aromatic heterocycles. The van der Waals surface area contributed by atoms with Crippen molar-refractivity contribution in [3.05, 3.63) is 46.2 Å². The summed E-state index contributed by atoms with van der Waals surface area (Å²) in [7, 11) is 0. The topological polar surface area (TPSA) is 68.0 Å². The molecule has 3 N–H and O–H groups in total. The van der Waals surface area contributed by atoms with Crippen LogP contribution in [-0.4, -0.2) is 17.4 Å². The molecule has 2 rings (SSSR count). The summed E-state index contributed by atoms with van der Waals surface area (Å²) in [6, 6.07) is 4.08. The van der Waals surface area contributed by atoms with Crippen LogP contribution in [0.2, 0.25) is 0 Å². The van der Waals surface area contributed by atoms with Gasteiger partial charge in [0, 0.05) is 5.56 Å². The van der Waals surface area contributed by atoms with Crippen molar-refractivity contribution in [3.8, 4) is 11.8 Å². The van der Waals surface area contributed by atoms with Gasteiger partial charge in [-0.1, -0.05) is 29.2 Å². The Kier molecular flexibility index (Phi) is 4.45. The lowest BCUT2D eigenvalue weighted by atomic mass is 10.1. The minimum atomic E-state index is -0.450. The number of rotatable bonds is 2. The fourth-order valence-corrected chi connectivity index (χ4v) is 2.22.